The van der Waals surface area contributed by atoms with Crippen molar-refractivity contribution in [2.24, 2.45) is 5.73 Å². The largest absolute Gasteiger partial charge is 0.465 e. The van der Waals surface area contributed by atoms with E-state index < -0.39 is 6.04 Å². The first-order chi connectivity index (χ1) is 24.3. The Morgan fingerprint density at radius 3 is 2.16 bits per heavy atom. The zero-order valence-electron chi connectivity index (χ0n) is 30.3. The van der Waals surface area contributed by atoms with Gasteiger partial charge in [0, 0.05) is 30.2 Å². The lowest BCUT2D eigenvalue weighted by Gasteiger charge is -2.13. The number of carbonyl (C=O) groups excluding carboxylic acids is 2. The molecule has 0 aliphatic rings. The van der Waals surface area contributed by atoms with Gasteiger partial charge in [0.25, 0.3) is 0 Å². The van der Waals surface area contributed by atoms with Crippen LogP contribution in [0.1, 0.15) is 122 Å². The summed E-state index contributed by atoms with van der Waals surface area (Å²) < 4.78 is 6.87. The summed E-state index contributed by atoms with van der Waals surface area (Å²) in [5, 5.41) is 6.00. The minimum atomic E-state index is -0.712. The molecule has 1 atom stereocenters. The monoisotopic (exact) mass is 712 g/mol. The number of aromatic nitrogens is 4. The first-order valence-electron chi connectivity index (χ1n) is 18.7. The Kier molecular flexibility index (Phi) is 19.4. The number of rotatable bonds is 27. The maximum Gasteiger partial charge on any atom is 0.328 e. The summed E-state index contributed by atoms with van der Waals surface area (Å²) in [5.41, 5.74) is 14.1. The van der Waals surface area contributed by atoms with Gasteiger partial charge in [-0.15, -0.1) is 0 Å². The standard InChI is InChI=1S/C37H60N8O4S/c1-3-5-7-8-9-10-11-12-13-14-15-16-17-18-31(46)49-24-25-50-27-30(38)35(47)41-29-21-19-28(20-22-29)26-45-34-32(42-37(45)48)33(39)43-36(44-34)40-23-6-4-2/h19-22,30H,3-18,23-27,38H2,1-2H3,(H,41,47)(H,42,48)(H3,39,40,43,44)/t30-/m0/s1. The van der Waals surface area contributed by atoms with Crippen molar-refractivity contribution < 1.29 is 14.3 Å². The van der Waals surface area contributed by atoms with Gasteiger partial charge >= 0.3 is 11.7 Å². The van der Waals surface area contributed by atoms with E-state index in [4.69, 9.17) is 16.2 Å². The van der Waals surface area contributed by atoms with Crippen LogP contribution in [-0.4, -0.2) is 62.1 Å². The number of unbranched alkanes of at least 4 members (excludes halogenated alkanes) is 13. The highest BCUT2D eigenvalue weighted by Crippen LogP contribution is 2.19. The molecule has 0 saturated carbocycles. The minimum absolute atomic E-state index is 0.157. The molecule has 0 aliphatic heterocycles. The van der Waals surface area contributed by atoms with Crippen LogP contribution in [0.4, 0.5) is 17.5 Å². The molecule has 3 aromatic rings. The number of thioether (sulfide) groups is 1. The highest BCUT2D eigenvalue weighted by Gasteiger charge is 2.16. The number of anilines is 3. The van der Waals surface area contributed by atoms with Crippen molar-refractivity contribution in [3.63, 3.8) is 0 Å². The van der Waals surface area contributed by atoms with E-state index in [1.54, 1.807) is 12.1 Å². The molecule has 3 rings (SSSR count). The maximum absolute atomic E-state index is 12.7. The molecule has 0 fully saturated rings. The van der Waals surface area contributed by atoms with Crippen LogP contribution in [0.25, 0.3) is 11.2 Å². The Balaban J connectivity index is 1.26. The summed E-state index contributed by atoms with van der Waals surface area (Å²) in [6.45, 7) is 5.64. The zero-order chi connectivity index (χ0) is 36.0. The Hall–Kier alpha value is -3.58. The predicted molar refractivity (Wildman–Crippen MR) is 207 cm³/mol. The highest BCUT2D eigenvalue weighted by atomic mass is 32.2. The van der Waals surface area contributed by atoms with Crippen molar-refractivity contribution in [2.75, 3.05) is 41.0 Å². The van der Waals surface area contributed by atoms with E-state index in [0.29, 0.717) is 53.9 Å². The molecule has 7 N–H and O–H groups in total. The fourth-order valence-electron chi connectivity index (χ4n) is 5.63. The molecule has 0 bridgehead atoms. The number of esters is 1. The van der Waals surface area contributed by atoms with Gasteiger partial charge in [0.15, 0.2) is 11.5 Å². The van der Waals surface area contributed by atoms with Crippen molar-refractivity contribution in [3.05, 3.63) is 40.3 Å². The fourth-order valence-corrected chi connectivity index (χ4v) is 6.40. The number of hydrogen-bond donors (Lipinski definition) is 5. The Morgan fingerprint density at radius 1 is 0.900 bits per heavy atom. The number of nitrogens with one attached hydrogen (secondary N) is 3. The lowest BCUT2D eigenvalue weighted by atomic mass is 10.0. The van der Waals surface area contributed by atoms with Gasteiger partial charge in [-0.05, 0) is 30.5 Å². The summed E-state index contributed by atoms with van der Waals surface area (Å²) in [6, 6.07) is 6.49. The van der Waals surface area contributed by atoms with E-state index in [2.05, 4.69) is 39.4 Å². The number of nitrogens with zero attached hydrogens (tertiary/aromatic N) is 3. The number of benzene rings is 1. The van der Waals surface area contributed by atoms with Gasteiger partial charge in [-0.1, -0.05) is 109 Å². The van der Waals surface area contributed by atoms with Crippen molar-refractivity contribution >= 4 is 52.3 Å². The van der Waals surface area contributed by atoms with Crippen LogP contribution in [-0.2, 0) is 20.9 Å². The van der Waals surface area contributed by atoms with Gasteiger partial charge in [0.05, 0.1) is 12.6 Å². The number of aromatic amines is 1. The molecule has 2 aromatic heterocycles. The van der Waals surface area contributed by atoms with Gasteiger partial charge in [0.2, 0.25) is 11.9 Å². The van der Waals surface area contributed by atoms with Crippen molar-refractivity contribution in [1.82, 2.24) is 19.5 Å². The van der Waals surface area contributed by atoms with Crippen molar-refractivity contribution in [2.45, 2.75) is 129 Å². The van der Waals surface area contributed by atoms with Crippen molar-refractivity contribution in [3.8, 4) is 0 Å². The number of hydrogen-bond acceptors (Lipinski definition) is 10. The number of H-pyrrole nitrogens is 1. The molecule has 50 heavy (non-hydrogen) atoms. The van der Waals surface area contributed by atoms with E-state index in [1.807, 2.05) is 12.1 Å². The number of carbonyl (C=O) groups is 2. The summed E-state index contributed by atoms with van der Waals surface area (Å²) in [5.74, 6) is 1.12. The molecular weight excluding hydrogens is 653 g/mol. The number of fused-ring (bicyclic) bond motifs is 1. The van der Waals surface area contributed by atoms with Gasteiger partial charge < -0.3 is 31.8 Å². The molecule has 0 unspecified atom stereocenters. The molecule has 0 saturated heterocycles. The molecular formula is C37H60N8O4S. The Labute approximate surface area is 301 Å². The first-order valence-corrected chi connectivity index (χ1v) is 19.9. The number of imidazole rings is 1. The lowest BCUT2D eigenvalue weighted by Crippen LogP contribution is -2.37. The van der Waals surface area contributed by atoms with Crippen LogP contribution < -0.4 is 27.8 Å². The topological polar surface area (TPSA) is 183 Å². The van der Waals surface area contributed by atoms with Crippen LogP contribution in [0.5, 0.6) is 0 Å². The molecule has 12 nitrogen and oxygen atoms in total. The van der Waals surface area contributed by atoms with Crippen molar-refractivity contribution in [1.29, 1.82) is 0 Å². The number of nitrogen functional groups attached to an aromatic ring is 1. The number of amides is 1. The maximum atomic E-state index is 12.7. The molecule has 0 spiro atoms. The smallest absolute Gasteiger partial charge is 0.328 e. The van der Waals surface area contributed by atoms with E-state index in [-0.39, 0.29) is 29.9 Å². The quantitative estimate of drug-likeness (QED) is 0.0408. The number of ether oxygens (including phenoxy) is 1. The third-order valence-electron chi connectivity index (χ3n) is 8.64. The summed E-state index contributed by atoms with van der Waals surface area (Å²) in [7, 11) is 0. The van der Waals surface area contributed by atoms with E-state index in [9.17, 15) is 14.4 Å². The molecule has 2 heterocycles. The average Bonchev–Trinajstić information content (AvgIpc) is 3.42. The molecule has 278 valence electrons. The third kappa shape index (κ3) is 15.1. The first kappa shape index (κ1) is 40.8. The SMILES string of the molecule is CCCCCCCCCCCCCCCC(=O)OCCSC[C@H](N)C(=O)Nc1ccc(Cn2c(=O)[nH]c3c(N)nc(NCCCC)nc32)cc1. The highest BCUT2D eigenvalue weighted by molar-refractivity contribution is 7.99. The number of nitrogens with two attached hydrogens (primary N) is 2. The second-order valence-electron chi connectivity index (χ2n) is 13.0. The lowest BCUT2D eigenvalue weighted by molar-refractivity contribution is -0.143. The average molecular weight is 713 g/mol. The third-order valence-corrected chi connectivity index (χ3v) is 9.69. The van der Waals surface area contributed by atoms with Crippen LogP contribution >= 0.6 is 11.8 Å². The summed E-state index contributed by atoms with van der Waals surface area (Å²) >= 11 is 1.48. The summed E-state index contributed by atoms with van der Waals surface area (Å²) in [4.78, 5) is 48.9. The molecule has 13 heteroatoms. The second-order valence-corrected chi connectivity index (χ2v) is 14.2. The second kappa shape index (κ2) is 23.8. The van der Waals surface area contributed by atoms with E-state index in [0.717, 1.165) is 31.2 Å². The molecule has 0 radical (unpaired) electrons. The van der Waals surface area contributed by atoms with Gasteiger partial charge in [-0.25, -0.2) is 4.79 Å². The van der Waals surface area contributed by atoms with Gasteiger partial charge in [-0.3, -0.25) is 14.2 Å². The zero-order valence-corrected chi connectivity index (χ0v) is 31.1. The Morgan fingerprint density at radius 2 is 1.52 bits per heavy atom. The van der Waals surface area contributed by atoms with Gasteiger partial charge in [0.1, 0.15) is 12.1 Å². The normalized spacial score (nSPS) is 11.9. The molecule has 1 amide bonds. The van der Waals surface area contributed by atoms with Crippen LogP contribution in [0, 0.1) is 0 Å². The van der Waals surface area contributed by atoms with E-state index in [1.165, 1.54) is 87.0 Å². The molecule has 0 aliphatic carbocycles. The minimum Gasteiger partial charge on any atom is -0.465 e. The fraction of sp³-hybridized carbons (Fsp3) is 0.649. The molecule has 1 aromatic carbocycles. The van der Waals surface area contributed by atoms with E-state index >= 15 is 0 Å². The van der Waals surface area contributed by atoms with Crippen LogP contribution in [0.3, 0.4) is 0 Å². The van der Waals surface area contributed by atoms with Crippen LogP contribution in [0.15, 0.2) is 29.1 Å². The summed E-state index contributed by atoms with van der Waals surface area (Å²) in [6.07, 6.45) is 19.0. The van der Waals surface area contributed by atoms with Gasteiger partial charge in [-0.2, -0.15) is 21.7 Å². The van der Waals surface area contributed by atoms with Crippen LogP contribution in [0.2, 0.25) is 0 Å². The Bertz CT molecular complexity index is 1480. The predicted octanol–water partition coefficient (Wildman–Crippen LogP) is 6.99.